The van der Waals surface area contributed by atoms with Crippen molar-refractivity contribution in [3.8, 4) is 44.5 Å². The second-order valence-corrected chi connectivity index (χ2v) is 30.9. The SMILES string of the molecule is Cc1ccc(N2c3ccc(C)cc3B3c4ccc(N(c5ccc(-c6ccccc6)cc5)c5ccc(-c6ccccc6)cc5)cc4N(c4ccccc4)c4cccc2c43)cc1.c1ccc(-c2ccc(N(c3ccc(-c4ccccc4)cc3)c3ccc4c(c3)N(c3ccccc3)c3cccc5c3B4c3ccccc3N5c3ccccc3)cc2)cc1. The molecular formula is C110H80B2N6. The summed E-state index contributed by atoms with van der Waals surface area (Å²) < 4.78 is 0. The Morgan fingerprint density at radius 1 is 0.169 bits per heavy atom. The Morgan fingerprint density at radius 2 is 0.424 bits per heavy atom. The van der Waals surface area contributed by atoms with Crippen LogP contribution in [0.3, 0.4) is 0 Å². The second-order valence-electron chi connectivity index (χ2n) is 30.9. The number of rotatable bonds is 14. The first-order valence-corrected chi connectivity index (χ1v) is 40.8. The van der Waals surface area contributed by atoms with E-state index in [0.29, 0.717) is 0 Å². The highest BCUT2D eigenvalue weighted by Crippen LogP contribution is 2.50. The third-order valence-corrected chi connectivity index (χ3v) is 23.8. The van der Waals surface area contributed by atoms with Crippen molar-refractivity contribution in [3.63, 3.8) is 0 Å². The minimum absolute atomic E-state index is 0.0422. The molecule has 0 aliphatic carbocycles. The lowest BCUT2D eigenvalue weighted by atomic mass is 9.33. The predicted molar refractivity (Wildman–Crippen MR) is 502 cm³/mol. The van der Waals surface area contributed by atoms with Crippen LogP contribution in [0, 0.1) is 13.8 Å². The van der Waals surface area contributed by atoms with E-state index in [1.54, 1.807) is 0 Å². The summed E-state index contributed by atoms with van der Waals surface area (Å²) in [5, 5.41) is 0. The summed E-state index contributed by atoms with van der Waals surface area (Å²) in [6.07, 6.45) is 0. The van der Waals surface area contributed by atoms with E-state index in [0.717, 1.165) is 56.9 Å². The first-order chi connectivity index (χ1) is 58.4. The molecule has 0 saturated carbocycles. The van der Waals surface area contributed by atoms with Gasteiger partial charge in [0.05, 0.1) is 0 Å². The second kappa shape index (κ2) is 30.3. The van der Waals surface area contributed by atoms with Gasteiger partial charge in [0.1, 0.15) is 0 Å². The molecule has 0 bridgehead atoms. The van der Waals surface area contributed by atoms with Crippen molar-refractivity contribution >= 4 is 149 Å². The van der Waals surface area contributed by atoms with E-state index >= 15 is 0 Å². The molecular weight excluding hydrogens is 1430 g/mol. The Kier molecular flexibility index (Phi) is 18.2. The molecule has 4 heterocycles. The Labute approximate surface area is 691 Å². The normalized spacial score (nSPS) is 12.4. The fourth-order valence-corrected chi connectivity index (χ4v) is 18.4. The molecule has 118 heavy (non-hydrogen) atoms. The van der Waals surface area contributed by atoms with Gasteiger partial charge in [-0.25, -0.2) is 0 Å². The molecule has 556 valence electrons. The topological polar surface area (TPSA) is 19.4 Å². The first kappa shape index (κ1) is 70.7. The van der Waals surface area contributed by atoms with Gasteiger partial charge in [-0.1, -0.05) is 302 Å². The van der Waals surface area contributed by atoms with Gasteiger partial charge in [-0.15, -0.1) is 0 Å². The van der Waals surface area contributed by atoms with Crippen LogP contribution in [0.5, 0.6) is 0 Å². The van der Waals surface area contributed by atoms with E-state index in [1.807, 2.05) is 0 Å². The quantitative estimate of drug-likeness (QED) is 0.100. The lowest BCUT2D eigenvalue weighted by Crippen LogP contribution is -2.61. The molecule has 4 aliphatic heterocycles. The number of para-hydroxylation sites is 4. The van der Waals surface area contributed by atoms with Gasteiger partial charge >= 0.3 is 0 Å². The summed E-state index contributed by atoms with van der Waals surface area (Å²) in [6, 6.07) is 164. The summed E-state index contributed by atoms with van der Waals surface area (Å²) in [4.78, 5) is 14.7. The predicted octanol–water partition coefficient (Wildman–Crippen LogP) is 25.8. The van der Waals surface area contributed by atoms with E-state index in [9.17, 15) is 0 Å². The van der Waals surface area contributed by atoms with E-state index in [4.69, 9.17) is 0 Å². The van der Waals surface area contributed by atoms with Crippen LogP contribution in [-0.2, 0) is 0 Å². The van der Waals surface area contributed by atoms with Crippen LogP contribution in [0.2, 0.25) is 0 Å². The van der Waals surface area contributed by atoms with Gasteiger partial charge in [0.2, 0.25) is 0 Å². The summed E-state index contributed by atoms with van der Waals surface area (Å²) in [5.74, 6) is 0. The number of aryl methyl sites for hydroxylation is 2. The Morgan fingerprint density at radius 3 is 0.780 bits per heavy atom. The molecule has 0 atom stereocenters. The van der Waals surface area contributed by atoms with E-state index in [2.05, 4.69) is 492 Å². The zero-order valence-electron chi connectivity index (χ0n) is 65.6. The third kappa shape index (κ3) is 12.8. The first-order valence-electron chi connectivity index (χ1n) is 40.8. The van der Waals surface area contributed by atoms with Crippen LogP contribution < -0.4 is 62.2 Å². The number of anilines is 18. The Balaban J connectivity index is 0.000000147. The zero-order chi connectivity index (χ0) is 78.6. The standard InChI is InChI=1S/C56H42BN3.C54H38BN3/c1-39-21-28-48(29-22-39)59-52-36-23-40(2)37-51(52)57-50-35-34-49(38-55(50)60(45-17-10-5-11-18-45)54-20-12-19-53(59)56(54)57)58(46-30-24-43(25-31-46)41-13-6-3-7-14-41)47-32-26-44(27-33-47)42-15-8-4-9-16-42;1-5-16-39(17-6-1)41-28-32-45(33-29-41)56(46-34-30-42(31-35-46)40-18-7-2-8-19-40)47-36-37-49-53(38-47)58(44-22-11-4-12-23-44)52-27-15-26-51-54(52)55(49)48-24-13-14-25-50(48)57(51)43-20-9-3-10-21-43/h3-38H,1-2H3;1-38H. The highest BCUT2D eigenvalue weighted by Gasteiger charge is 2.46. The molecule has 0 amide bonds. The molecule has 18 aromatic carbocycles. The van der Waals surface area contributed by atoms with E-state index in [-0.39, 0.29) is 13.4 Å². The smallest absolute Gasteiger partial charge is 0.252 e. The fraction of sp³-hybridized carbons (Fsp3) is 0.0182. The van der Waals surface area contributed by atoms with Crippen molar-refractivity contribution in [2.24, 2.45) is 0 Å². The molecule has 6 nitrogen and oxygen atoms in total. The third-order valence-electron chi connectivity index (χ3n) is 23.8. The minimum atomic E-state index is 0.0422. The molecule has 0 aromatic heterocycles. The van der Waals surface area contributed by atoms with Crippen molar-refractivity contribution in [1.29, 1.82) is 0 Å². The molecule has 0 fully saturated rings. The van der Waals surface area contributed by atoms with Gasteiger partial charge in [0.15, 0.2) is 0 Å². The van der Waals surface area contributed by atoms with Gasteiger partial charge in [-0.3, -0.25) is 0 Å². The van der Waals surface area contributed by atoms with Crippen molar-refractivity contribution in [3.05, 3.63) is 460 Å². The molecule has 8 heteroatoms. The largest absolute Gasteiger partial charge is 0.311 e. The molecule has 0 spiro atoms. The molecule has 22 rings (SSSR count). The Hall–Kier alpha value is -15.1. The molecule has 0 N–H and O–H groups in total. The van der Waals surface area contributed by atoms with Crippen LogP contribution in [0.15, 0.2) is 449 Å². The van der Waals surface area contributed by atoms with Gasteiger partial charge < -0.3 is 29.4 Å². The number of hydrogen-bond acceptors (Lipinski definition) is 6. The summed E-state index contributed by atoms with van der Waals surface area (Å²) in [7, 11) is 0. The highest BCUT2D eigenvalue weighted by atomic mass is 15.2. The molecule has 0 radical (unpaired) electrons. The number of fused-ring (bicyclic) bond motifs is 8. The lowest BCUT2D eigenvalue weighted by Gasteiger charge is -2.44. The molecule has 18 aromatic rings. The molecule has 0 saturated heterocycles. The van der Waals surface area contributed by atoms with Crippen molar-refractivity contribution in [2.75, 3.05) is 29.4 Å². The highest BCUT2D eigenvalue weighted by molar-refractivity contribution is 7.01. The van der Waals surface area contributed by atoms with Crippen molar-refractivity contribution in [2.45, 2.75) is 13.8 Å². The maximum absolute atomic E-state index is 2.48. The van der Waals surface area contributed by atoms with Gasteiger partial charge in [-0.05, 0) is 249 Å². The summed E-state index contributed by atoms with van der Waals surface area (Å²) in [6.45, 7) is 4.46. The van der Waals surface area contributed by atoms with Gasteiger partial charge in [-0.2, -0.15) is 0 Å². The zero-order valence-corrected chi connectivity index (χ0v) is 65.6. The van der Waals surface area contributed by atoms with Crippen LogP contribution in [0.25, 0.3) is 44.5 Å². The van der Waals surface area contributed by atoms with Crippen LogP contribution >= 0.6 is 0 Å². The van der Waals surface area contributed by atoms with Gasteiger partial charge in [0, 0.05) is 102 Å². The summed E-state index contributed by atoms with van der Waals surface area (Å²) in [5.41, 5.74) is 40.7. The van der Waals surface area contributed by atoms with Crippen molar-refractivity contribution < 1.29 is 0 Å². The lowest BCUT2D eigenvalue weighted by molar-refractivity contribution is 1.23. The number of nitrogens with zero attached hydrogens (tertiary/aromatic N) is 6. The minimum Gasteiger partial charge on any atom is -0.311 e. The fourth-order valence-electron chi connectivity index (χ4n) is 18.4. The van der Waals surface area contributed by atoms with Crippen molar-refractivity contribution in [1.82, 2.24) is 0 Å². The summed E-state index contributed by atoms with van der Waals surface area (Å²) >= 11 is 0. The van der Waals surface area contributed by atoms with E-state index in [1.165, 1.54) is 134 Å². The van der Waals surface area contributed by atoms with Crippen LogP contribution in [-0.4, -0.2) is 13.4 Å². The maximum Gasteiger partial charge on any atom is 0.252 e. The average Bonchev–Trinajstić information content (AvgIpc) is 0.704. The Bertz CT molecular complexity index is 6520. The maximum atomic E-state index is 2.48. The van der Waals surface area contributed by atoms with E-state index < -0.39 is 0 Å². The molecule has 0 unspecified atom stereocenters. The average molecular weight is 1510 g/mol. The monoisotopic (exact) mass is 1510 g/mol. The van der Waals surface area contributed by atoms with Crippen LogP contribution in [0.1, 0.15) is 11.1 Å². The number of benzene rings is 18. The van der Waals surface area contributed by atoms with Crippen LogP contribution in [0.4, 0.5) is 102 Å². The molecule has 4 aliphatic rings. The number of hydrogen-bond donors (Lipinski definition) is 0. The van der Waals surface area contributed by atoms with Gasteiger partial charge in [0.25, 0.3) is 13.4 Å².